The zero-order chi connectivity index (χ0) is 14.7. The van der Waals surface area contributed by atoms with Gasteiger partial charge in [-0.25, -0.2) is 4.68 Å². The fourth-order valence-corrected chi connectivity index (χ4v) is 3.44. The molecule has 3 rings (SSSR count). The second-order valence-electron chi connectivity index (χ2n) is 4.71. The van der Waals surface area contributed by atoms with Crippen molar-refractivity contribution < 1.29 is 0 Å². The van der Waals surface area contributed by atoms with E-state index in [1.807, 2.05) is 30.5 Å². The molecule has 1 aromatic carbocycles. The van der Waals surface area contributed by atoms with Gasteiger partial charge in [-0.3, -0.25) is 0 Å². The summed E-state index contributed by atoms with van der Waals surface area (Å²) in [6.45, 7) is 2.18. The van der Waals surface area contributed by atoms with Crippen LogP contribution in [-0.2, 0) is 0 Å². The Hall–Kier alpha value is -1.78. The molecule has 21 heavy (non-hydrogen) atoms. The van der Waals surface area contributed by atoms with E-state index >= 15 is 0 Å². The predicted molar refractivity (Wildman–Crippen MR) is 89.5 cm³/mol. The first-order valence-electron chi connectivity index (χ1n) is 6.88. The van der Waals surface area contributed by atoms with Crippen LogP contribution in [0.15, 0.2) is 54.2 Å². The molecular formula is C16H16ClN3S. The Kier molecular flexibility index (Phi) is 4.27. The van der Waals surface area contributed by atoms with Gasteiger partial charge in [0, 0.05) is 17.3 Å². The fraction of sp³-hybridized carbons (Fsp3) is 0.188. The Morgan fingerprint density at radius 2 is 2.19 bits per heavy atom. The van der Waals surface area contributed by atoms with E-state index < -0.39 is 0 Å². The van der Waals surface area contributed by atoms with Crippen LogP contribution in [0.4, 0.5) is 5.69 Å². The molecular weight excluding hydrogens is 302 g/mol. The number of nitrogens with zero attached hydrogens (tertiary/aromatic N) is 2. The Labute approximate surface area is 133 Å². The molecule has 3 nitrogen and oxygen atoms in total. The van der Waals surface area contributed by atoms with Gasteiger partial charge in [0.2, 0.25) is 0 Å². The lowest BCUT2D eigenvalue weighted by Gasteiger charge is -2.20. The van der Waals surface area contributed by atoms with Crippen molar-refractivity contribution in [2.75, 3.05) is 5.32 Å². The van der Waals surface area contributed by atoms with Crippen molar-refractivity contribution in [2.24, 2.45) is 0 Å². The van der Waals surface area contributed by atoms with Crippen LogP contribution in [0.2, 0.25) is 5.02 Å². The Morgan fingerprint density at radius 3 is 2.86 bits per heavy atom. The van der Waals surface area contributed by atoms with Gasteiger partial charge < -0.3 is 5.32 Å². The van der Waals surface area contributed by atoms with E-state index in [0.29, 0.717) is 5.02 Å². The van der Waals surface area contributed by atoms with Crippen molar-refractivity contribution in [3.63, 3.8) is 0 Å². The van der Waals surface area contributed by atoms with Crippen molar-refractivity contribution in [3.8, 4) is 5.69 Å². The number of nitrogens with one attached hydrogen (secondary N) is 1. The molecule has 5 heteroatoms. The zero-order valence-corrected chi connectivity index (χ0v) is 13.2. The van der Waals surface area contributed by atoms with Crippen molar-refractivity contribution in [3.05, 3.63) is 64.1 Å². The van der Waals surface area contributed by atoms with Gasteiger partial charge in [-0.2, -0.15) is 5.10 Å². The van der Waals surface area contributed by atoms with E-state index in [1.54, 1.807) is 22.2 Å². The number of halogens is 1. The number of thiophene rings is 1. The minimum atomic E-state index is 0.276. The zero-order valence-electron chi connectivity index (χ0n) is 11.7. The average molecular weight is 318 g/mol. The number of benzene rings is 1. The summed E-state index contributed by atoms with van der Waals surface area (Å²) in [5, 5.41) is 10.7. The quantitative estimate of drug-likeness (QED) is 0.705. The van der Waals surface area contributed by atoms with Gasteiger partial charge in [-0.1, -0.05) is 30.7 Å². The Bertz CT molecular complexity index is 692. The number of anilines is 1. The van der Waals surface area contributed by atoms with Gasteiger partial charge in [0.1, 0.15) is 5.69 Å². The molecule has 0 aliphatic carbocycles. The van der Waals surface area contributed by atoms with Crippen LogP contribution in [0.3, 0.4) is 0 Å². The first kappa shape index (κ1) is 14.2. The first-order chi connectivity index (χ1) is 10.3. The highest BCUT2D eigenvalue weighted by Crippen LogP contribution is 2.32. The maximum absolute atomic E-state index is 6.37. The molecule has 108 valence electrons. The molecule has 1 atom stereocenters. The van der Waals surface area contributed by atoms with E-state index in [9.17, 15) is 0 Å². The predicted octanol–water partition coefficient (Wildman–Crippen LogP) is 5.15. The lowest BCUT2D eigenvalue weighted by atomic mass is 10.1. The molecule has 0 amide bonds. The summed E-state index contributed by atoms with van der Waals surface area (Å²) >= 11 is 8.14. The fourth-order valence-electron chi connectivity index (χ4n) is 2.32. The monoisotopic (exact) mass is 317 g/mol. The molecule has 0 radical (unpaired) electrons. The third kappa shape index (κ3) is 2.96. The number of rotatable bonds is 5. The molecule has 3 aromatic rings. The van der Waals surface area contributed by atoms with Crippen LogP contribution < -0.4 is 5.32 Å². The van der Waals surface area contributed by atoms with Gasteiger partial charge in [-0.15, -0.1) is 11.3 Å². The Morgan fingerprint density at radius 1 is 1.29 bits per heavy atom. The number of para-hydroxylation sites is 1. The molecule has 1 N–H and O–H groups in total. The summed E-state index contributed by atoms with van der Waals surface area (Å²) in [6, 6.07) is 12.3. The van der Waals surface area contributed by atoms with Crippen molar-refractivity contribution in [1.29, 1.82) is 0 Å². The largest absolute Gasteiger partial charge is 0.376 e. The summed E-state index contributed by atoms with van der Waals surface area (Å²) in [5.74, 6) is 0. The lowest BCUT2D eigenvalue weighted by molar-refractivity contribution is 0.760. The highest BCUT2D eigenvalue weighted by Gasteiger charge is 2.15. The van der Waals surface area contributed by atoms with E-state index in [-0.39, 0.29) is 6.04 Å². The van der Waals surface area contributed by atoms with E-state index in [4.69, 9.17) is 11.6 Å². The summed E-state index contributed by atoms with van der Waals surface area (Å²) in [7, 11) is 0. The summed E-state index contributed by atoms with van der Waals surface area (Å²) < 4.78 is 1.80. The SMILES string of the molecule is CCC(Nc1cccc(Cl)c1-n1cccn1)c1cccs1. The van der Waals surface area contributed by atoms with Gasteiger partial charge in [-0.05, 0) is 36.1 Å². The van der Waals surface area contributed by atoms with E-state index in [1.165, 1.54) is 4.88 Å². The molecule has 0 spiro atoms. The van der Waals surface area contributed by atoms with Gasteiger partial charge in [0.15, 0.2) is 0 Å². The average Bonchev–Trinajstić information content (AvgIpc) is 3.18. The van der Waals surface area contributed by atoms with Crippen LogP contribution in [0, 0.1) is 0 Å². The van der Waals surface area contributed by atoms with Crippen LogP contribution in [-0.4, -0.2) is 9.78 Å². The van der Waals surface area contributed by atoms with Crippen LogP contribution in [0.1, 0.15) is 24.3 Å². The van der Waals surface area contributed by atoms with E-state index in [2.05, 4.69) is 34.9 Å². The van der Waals surface area contributed by atoms with Crippen LogP contribution in [0.5, 0.6) is 0 Å². The lowest BCUT2D eigenvalue weighted by Crippen LogP contribution is -2.11. The molecule has 2 aromatic heterocycles. The van der Waals surface area contributed by atoms with Crippen molar-refractivity contribution >= 4 is 28.6 Å². The first-order valence-corrected chi connectivity index (χ1v) is 8.14. The van der Waals surface area contributed by atoms with Crippen molar-refractivity contribution in [1.82, 2.24) is 9.78 Å². The van der Waals surface area contributed by atoms with Crippen molar-refractivity contribution in [2.45, 2.75) is 19.4 Å². The smallest absolute Gasteiger partial charge is 0.106 e. The van der Waals surface area contributed by atoms with Crippen LogP contribution >= 0.6 is 22.9 Å². The third-order valence-electron chi connectivity index (χ3n) is 3.34. The molecule has 2 heterocycles. The van der Waals surface area contributed by atoms with E-state index in [0.717, 1.165) is 17.8 Å². The normalized spacial score (nSPS) is 12.3. The number of hydrogen-bond donors (Lipinski definition) is 1. The number of aromatic nitrogens is 2. The summed E-state index contributed by atoms with van der Waals surface area (Å²) in [6.07, 6.45) is 4.66. The summed E-state index contributed by atoms with van der Waals surface area (Å²) in [4.78, 5) is 1.32. The summed E-state index contributed by atoms with van der Waals surface area (Å²) in [5.41, 5.74) is 1.88. The maximum Gasteiger partial charge on any atom is 0.106 e. The highest BCUT2D eigenvalue weighted by atomic mass is 35.5. The third-order valence-corrected chi connectivity index (χ3v) is 4.64. The van der Waals surface area contributed by atoms with Gasteiger partial charge in [0.05, 0.1) is 16.8 Å². The minimum Gasteiger partial charge on any atom is -0.376 e. The maximum atomic E-state index is 6.37. The second-order valence-corrected chi connectivity index (χ2v) is 6.09. The topological polar surface area (TPSA) is 29.9 Å². The molecule has 1 unspecified atom stereocenters. The molecule has 0 fully saturated rings. The molecule has 0 saturated heterocycles. The molecule has 0 aliphatic heterocycles. The molecule has 0 aliphatic rings. The van der Waals surface area contributed by atoms with Gasteiger partial charge >= 0.3 is 0 Å². The standard InChI is InChI=1S/C16H16ClN3S/c1-2-13(15-8-4-11-21-15)19-14-7-3-6-12(17)16(14)20-10-5-9-18-20/h3-11,13,19H,2H2,1H3. The second kappa shape index (κ2) is 6.33. The minimum absolute atomic E-state index is 0.276. The van der Waals surface area contributed by atoms with Crippen LogP contribution in [0.25, 0.3) is 5.69 Å². The molecule has 0 bridgehead atoms. The molecule has 0 saturated carbocycles. The highest BCUT2D eigenvalue weighted by molar-refractivity contribution is 7.10. The van der Waals surface area contributed by atoms with Gasteiger partial charge in [0.25, 0.3) is 0 Å². The Balaban J connectivity index is 1.97. The number of hydrogen-bond acceptors (Lipinski definition) is 3.